The van der Waals surface area contributed by atoms with Gasteiger partial charge in [0.15, 0.2) is 0 Å². The molecule has 8 nitrogen and oxygen atoms in total. The smallest absolute Gasteiger partial charge is 0.147 e. The van der Waals surface area contributed by atoms with Crippen LogP contribution in [0.4, 0.5) is 0 Å². The second kappa shape index (κ2) is 10.1. The number of piperazine rings is 1. The number of rotatable bonds is 8. The minimum atomic E-state index is -0.430. The Bertz CT molecular complexity index is 597. The number of β-amino-alcohol motifs (C(OH)–C–C–N with tert-alkyl or cyclic N) is 1. The molecule has 3 aliphatic rings. The molecule has 2 saturated heterocycles. The molecular weight excluding hydrogens is 358 g/mol. The quantitative estimate of drug-likeness (QED) is 0.696. The third kappa shape index (κ3) is 5.51. The molecule has 4 rings (SSSR count). The lowest BCUT2D eigenvalue weighted by Crippen LogP contribution is -2.49. The first-order valence-electron chi connectivity index (χ1n) is 11.0. The summed E-state index contributed by atoms with van der Waals surface area (Å²) in [7, 11) is 0. The van der Waals surface area contributed by atoms with Crippen LogP contribution in [0.2, 0.25) is 0 Å². The van der Waals surface area contributed by atoms with E-state index in [1.807, 2.05) is 0 Å². The lowest BCUT2D eigenvalue weighted by atomic mass is 10.2. The lowest BCUT2D eigenvalue weighted by molar-refractivity contribution is -0.0288. The van der Waals surface area contributed by atoms with Gasteiger partial charge in [-0.2, -0.15) is 0 Å². The number of hydrogen-bond donors (Lipinski definition) is 1. The fourth-order valence-electron chi connectivity index (χ4n) is 4.45. The van der Waals surface area contributed by atoms with E-state index in [9.17, 15) is 5.11 Å². The Hall–Kier alpha value is -1.06. The van der Waals surface area contributed by atoms with E-state index in [0.717, 1.165) is 76.8 Å². The van der Waals surface area contributed by atoms with Gasteiger partial charge < -0.3 is 19.1 Å². The van der Waals surface area contributed by atoms with Crippen molar-refractivity contribution in [2.75, 3.05) is 52.5 Å². The van der Waals surface area contributed by atoms with Crippen LogP contribution < -0.4 is 0 Å². The Balaban J connectivity index is 1.15. The molecule has 0 bridgehead atoms. The van der Waals surface area contributed by atoms with Crippen LogP contribution in [0.15, 0.2) is 0 Å². The molecular formula is C20H35N5O3. The Morgan fingerprint density at radius 1 is 1.04 bits per heavy atom. The molecule has 158 valence electrons. The van der Waals surface area contributed by atoms with Crippen molar-refractivity contribution in [3.63, 3.8) is 0 Å². The largest absolute Gasteiger partial charge is 0.389 e. The predicted molar refractivity (Wildman–Crippen MR) is 105 cm³/mol. The summed E-state index contributed by atoms with van der Waals surface area (Å²) in [6.45, 7) is 8.44. The zero-order chi connectivity index (χ0) is 19.2. The summed E-state index contributed by atoms with van der Waals surface area (Å²) in [6, 6.07) is 0. The fourth-order valence-corrected chi connectivity index (χ4v) is 4.45. The van der Waals surface area contributed by atoms with Gasteiger partial charge in [-0.3, -0.25) is 9.80 Å². The minimum absolute atomic E-state index is 0.225. The van der Waals surface area contributed by atoms with Gasteiger partial charge in [-0.05, 0) is 25.7 Å². The van der Waals surface area contributed by atoms with Gasteiger partial charge in [0.25, 0.3) is 0 Å². The number of fused-ring (bicyclic) bond motifs is 1. The van der Waals surface area contributed by atoms with Crippen molar-refractivity contribution in [3.8, 4) is 0 Å². The molecule has 1 N–H and O–H groups in total. The standard InChI is InChI=1S/C20H35N5O3/c26-17(15-27-16-18-5-4-12-28-18)13-23-8-10-24(11-9-23)14-20-22-21-19-6-2-1-3-7-25(19)20/h17-18,26H,1-16H2/t17-,18+/m0/s1. The van der Waals surface area contributed by atoms with E-state index in [2.05, 4.69) is 24.6 Å². The molecule has 3 aliphatic heterocycles. The van der Waals surface area contributed by atoms with Crippen molar-refractivity contribution in [2.45, 2.75) is 63.8 Å². The van der Waals surface area contributed by atoms with Crippen LogP contribution in [-0.4, -0.2) is 94.4 Å². The molecule has 2 atom stereocenters. The number of aliphatic hydroxyl groups is 1. The van der Waals surface area contributed by atoms with E-state index < -0.39 is 6.10 Å². The summed E-state index contributed by atoms with van der Waals surface area (Å²) in [5, 5.41) is 19.1. The Labute approximate surface area is 167 Å². The van der Waals surface area contributed by atoms with E-state index in [1.54, 1.807) is 0 Å². The van der Waals surface area contributed by atoms with Gasteiger partial charge >= 0.3 is 0 Å². The van der Waals surface area contributed by atoms with Crippen LogP contribution >= 0.6 is 0 Å². The van der Waals surface area contributed by atoms with Gasteiger partial charge in [0.1, 0.15) is 11.6 Å². The Morgan fingerprint density at radius 2 is 1.89 bits per heavy atom. The van der Waals surface area contributed by atoms with Gasteiger partial charge in [-0.1, -0.05) is 6.42 Å². The molecule has 8 heteroatoms. The summed E-state index contributed by atoms with van der Waals surface area (Å²) in [4.78, 5) is 4.79. The van der Waals surface area contributed by atoms with Crippen molar-refractivity contribution in [3.05, 3.63) is 11.6 Å². The van der Waals surface area contributed by atoms with Crippen LogP contribution in [0.25, 0.3) is 0 Å². The van der Waals surface area contributed by atoms with Crippen LogP contribution in [0.3, 0.4) is 0 Å². The van der Waals surface area contributed by atoms with Gasteiger partial charge in [0.2, 0.25) is 0 Å². The van der Waals surface area contributed by atoms with Gasteiger partial charge in [0.05, 0.1) is 32.0 Å². The zero-order valence-electron chi connectivity index (χ0n) is 17.0. The lowest BCUT2D eigenvalue weighted by Gasteiger charge is -2.35. The summed E-state index contributed by atoms with van der Waals surface area (Å²) in [5.74, 6) is 2.28. The van der Waals surface area contributed by atoms with E-state index in [4.69, 9.17) is 9.47 Å². The molecule has 0 aliphatic carbocycles. The number of hydrogen-bond acceptors (Lipinski definition) is 7. The fraction of sp³-hybridized carbons (Fsp3) is 0.900. The monoisotopic (exact) mass is 393 g/mol. The predicted octanol–water partition coefficient (Wildman–Crippen LogP) is 0.679. The Morgan fingerprint density at radius 3 is 2.71 bits per heavy atom. The van der Waals surface area contributed by atoms with Crippen molar-refractivity contribution in [1.82, 2.24) is 24.6 Å². The average molecular weight is 394 g/mol. The first kappa shape index (κ1) is 20.2. The molecule has 0 radical (unpaired) electrons. The first-order valence-corrected chi connectivity index (χ1v) is 11.0. The van der Waals surface area contributed by atoms with Gasteiger partial charge in [-0.25, -0.2) is 0 Å². The van der Waals surface area contributed by atoms with Crippen LogP contribution in [0.5, 0.6) is 0 Å². The number of aliphatic hydroxyl groups excluding tert-OH is 1. The van der Waals surface area contributed by atoms with Crippen molar-refractivity contribution in [1.29, 1.82) is 0 Å². The molecule has 0 unspecified atom stereocenters. The molecule has 1 aromatic rings. The molecule has 1 aromatic heterocycles. The SMILES string of the molecule is O[C@H](COC[C@H]1CCCO1)CN1CCN(Cc2nnc3n2CCCCC3)CC1. The molecule has 28 heavy (non-hydrogen) atoms. The van der Waals surface area contributed by atoms with Crippen LogP contribution in [-0.2, 0) is 29.0 Å². The highest BCUT2D eigenvalue weighted by atomic mass is 16.5. The van der Waals surface area contributed by atoms with Crippen LogP contribution in [0.1, 0.15) is 43.8 Å². The molecule has 0 spiro atoms. The summed E-state index contributed by atoms with van der Waals surface area (Å²) < 4.78 is 13.5. The molecule has 0 saturated carbocycles. The minimum Gasteiger partial charge on any atom is -0.389 e. The van der Waals surface area contributed by atoms with Crippen molar-refractivity contribution < 1.29 is 14.6 Å². The number of aromatic nitrogens is 3. The zero-order valence-corrected chi connectivity index (χ0v) is 17.0. The molecule has 0 aromatic carbocycles. The second-order valence-corrected chi connectivity index (χ2v) is 8.40. The average Bonchev–Trinajstić information content (AvgIpc) is 3.28. The summed E-state index contributed by atoms with van der Waals surface area (Å²) in [6.07, 6.45) is 6.82. The summed E-state index contributed by atoms with van der Waals surface area (Å²) in [5.41, 5.74) is 0. The van der Waals surface area contributed by atoms with Crippen molar-refractivity contribution >= 4 is 0 Å². The van der Waals surface area contributed by atoms with E-state index >= 15 is 0 Å². The normalized spacial score (nSPS) is 25.5. The molecule has 2 fully saturated rings. The first-order chi connectivity index (χ1) is 13.8. The summed E-state index contributed by atoms with van der Waals surface area (Å²) >= 11 is 0. The maximum atomic E-state index is 10.3. The molecule has 0 amide bonds. The van der Waals surface area contributed by atoms with Crippen LogP contribution in [0, 0.1) is 0 Å². The van der Waals surface area contributed by atoms with Gasteiger partial charge in [-0.15, -0.1) is 10.2 Å². The highest BCUT2D eigenvalue weighted by Crippen LogP contribution is 2.16. The third-order valence-corrected chi connectivity index (χ3v) is 6.12. The van der Waals surface area contributed by atoms with E-state index in [1.165, 1.54) is 19.3 Å². The second-order valence-electron chi connectivity index (χ2n) is 8.40. The highest BCUT2D eigenvalue weighted by Gasteiger charge is 2.23. The number of ether oxygens (including phenoxy) is 2. The molecule has 4 heterocycles. The van der Waals surface area contributed by atoms with E-state index in [-0.39, 0.29) is 6.10 Å². The number of nitrogens with zero attached hydrogens (tertiary/aromatic N) is 5. The van der Waals surface area contributed by atoms with E-state index in [0.29, 0.717) is 19.8 Å². The van der Waals surface area contributed by atoms with Gasteiger partial charge in [0, 0.05) is 52.3 Å². The maximum Gasteiger partial charge on any atom is 0.147 e. The third-order valence-electron chi connectivity index (χ3n) is 6.12. The topological polar surface area (TPSA) is 75.9 Å². The maximum absolute atomic E-state index is 10.3. The highest BCUT2D eigenvalue weighted by molar-refractivity contribution is 4.98. The van der Waals surface area contributed by atoms with Crippen molar-refractivity contribution in [2.24, 2.45) is 0 Å². The Kier molecular flexibility index (Phi) is 7.31. The number of aryl methyl sites for hydroxylation is 1.